The lowest BCUT2D eigenvalue weighted by molar-refractivity contribution is -0.138. The Kier molecular flexibility index (Phi) is 4.22. The summed E-state index contributed by atoms with van der Waals surface area (Å²) in [5.41, 5.74) is 0.947. The van der Waals surface area contributed by atoms with Gasteiger partial charge in [-0.1, -0.05) is 18.2 Å². The number of aliphatic carboxylic acids is 1. The summed E-state index contributed by atoms with van der Waals surface area (Å²) in [7, 11) is 0. The molecule has 1 aliphatic rings. The van der Waals surface area contributed by atoms with Crippen molar-refractivity contribution in [1.29, 1.82) is 0 Å². The van der Waals surface area contributed by atoms with Crippen LogP contribution in [0.4, 0.5) is 0 Å². The van der Waals surface area contributed by atoms with Crippen molar-refractivity contribution in [3.05, 3.63) is 54.4 Å². The second-order valence-electron chi connectivity index (χ2n) is 5.36. The summed E-state index contributed by atoms with van der Waals surface area (Å²) in [6.07, 6.45) is 1.78. The number of carboxylic acid groups (broad SMARTS) is 1. The number of para-hydroxylation sites is 1. The number of aromatic nitrogens is 1. The molecular weight excluding hydrogens is 344 g/mol. The Morgan fingerprint density at radius 3 is 3.00 bits per heavy atom. The van der Waals surface area contributed by atoms with E-state index >= 15 is 0 Å². The van der Waals surface area contributed by atoms with Crippen LogP contribution in [-0.4, -0.2) is 27.9 Å². The van der Waals surface area contributed by atoms with Crippen LogP contribution in [0.5, 0.6) is 0 Å². The molecule has 1 saturated heterocycles. The smallest absolute Gasteiger partial charge is 0.321 e. The number of fused-ring (bicyclic) bond motifs is 1. The largest absolute Gasteiger partial charge is 0.480 e. The van der Waals surface area contributed by atoms with Crippen molar-refractivity contribution in [2.75, 3.05) is 5.75 Å². The number of thioether (sulfide) groups is 1. The number of carbonyl (C=O) groups is 1. The van der Waals surface area contributed by atoms with E-state index < -0.39 is 12.0 Å². The average molecular weight is 358 g/mol. The molecule has 0 radical (unpaired) electrons. The third-order valence-corrected chi connectivity index (χ3v) is 5.94. The average Bonchev–Trinajstić information content (AvgIpc) is 3.24. The molecule has 1 aliphatic heterocycles. The number of carboxylic acids is 1. The van der Waals surface area contributed by atoms with Crippen LogP contribution < -0.4 is 5.32 Å². The van der Waals surface area contributed by atoms with E-state index in [1.54, 1.807) is 18.0 Å². The summed E-state index contributed by atoms with van der Waals surface area (Å²) >= 11 is 3.07. The molecule has 7 heteroatoms. The minimum Gasteiger partial charge on any atom is -0.480 e. The summed E-state index contributed by atoms with van der Waals surface area (Å²) in [6, 6.07) is 13.3. The summed E-state index contributed by atoms with van der Waals surface area (Å²) in [4.78, 5) is 16.5. The van der Waals surface area contributed by atoms with Crippen molar-refractivity contribution in [2.45, 2.75) is 21.4 Å². The zero-order valence-corrected chi connectivity index (χ0v) is 14.1. The van der Waals surface area contributed by atoms with E-state index in [4.69, 9.17) is 9.52 Å². The summed E-state index contributed by atoms with van der Waals surface area (Å²) < 4.78 is 5.91. The zero-order valence-electron chi connectivity index (χ0n) is 12.5. The number of pyridine rings is 1. The number of nitrogens with one attached hydrogen (secondary N) is 1. The molecule has 1 aromatic carbocycles. The Morgan fingerprint density at radius 1 is 1.29 bits per heavy atom. The van der Waals surface area contributed by atoms with Gasteiger partial charge >= 0.3 is 5.97 Å². The molecule has 3 aromatic rings. The number of benzene rings is 1. The molecule has 2 atom stereocenters. The van der Waals surface area contributed by atoms with Crippen LogP contribution in [0.25, 0.3) is 10.9 Å². The van der Waals surface area contributed by atoms with Crippen LogP contribution >= 0.6 is 23.5 Å². The summed E-state index contributed by atoms with van der Waals surface area (Å²) in [5, 5.41) is 13.9. The normalized spacial score (nSPS) is 20.5. The molecule has 2 aromatic heterocycles. The lowest BCUT2D eigenvalue weighted by atomic mass is 10.2. The van der Waals surface area contributed by atoms with E-state index in [9.17, 15) is 4.79 Å². The maximum absolute atomic E-state index is 11.0. The minimum absolute atomic E-state index is 0.119. The van der Waals surface area contributed by atoms with Crippen molar-refractivity contribution >= 4 is 40.4 Å². The molecular formula is C17H14N2O3S2. The molecule has 4 rings (SSSR count). The number of rotatable bonds is 4. The van der Waals surface area contributed by atoms with Crippen LogP contribution in [0, 0.1) is 0 Å². The molecule has 1 fully saturated rings. The van der Waals surface area contributed by atoms with Gasteiger partial charge in [-0.3, -0.25) is 15.1 Å². The molecule has 0 unspecified atom stereocenters. The Hall–Kier alpha value is -1.96. The highest BCUT2D eigenvalue weighted by Crippen LogP contribution is 2.38. The number of hydrogen-bond acceptors (Lipinski definition) is 6. The van der Waals surface area contributed by atoms with Gasteiger partial charge in [-0.25, -0.2) is 0 Å². The Morgan fingerprint density at radius 2 is 2.17 bits per heavy atom. The zero-order chi connectivity index (χ0) is 16.5. The van der Waals surface area contributed by atoms with Crippen LogP contribution in [0.1, 0.15) is 11.1 Å². The van der Waals surface area contributed by atoms with Gasteiger partial charge < -0.3 is 9.52 Å². The highest BCUT2D eigenvalue weighted by atomic mass is 32.2. The van der Waals surface area contributed by atoms with Crippen molar-refractivity contribution in [2.24, 2.45) is 0 Å². The lowest BCUT2D eigenvalue weighted by Gasteiger charge is -2.07. The molecule has 0 spiro atoms. The Bertz CT molecular complexity index is 891. The fraction of sp³-hybridized carbons (Fsp3) is 0.176. The topological polar surface area (TPSA) is 75.4 Å². The second-order valence-corrected chi connectivity index (χ2v) is 7.55. The first kappa shape index (κ1) is 15.6. The fourth-order valence-electron chi connectivity index (χ4n) is 2.58. The third kappa shape index (κ3) is 3.02. The molecule has 2 N–H and O–H groups in total. The lowest BCUT2D eigenvalue weighted by Crippen LogP contribution is -2.33. The van der Waals surface area contributed by atoms with E-state index in [0.29, 0.717) is 5.75 Å². The molecule has 3 heterocycles. The van der Waals surface area contributed by atoms with Gasteiger partial charge in [0.2, 0.25) is 0 Å². The van der Waals surface area contributed by atoms with Gasteiger partial charge in [-0.05, 0) is 36.0 Å². The van der Waals surface area contributed by atoms with Gasteiger partial charge in [0.15, 0.2) is 5.09 Å². The van der Waals surface area contributed by atoms with E-state index in [2.05, 4.69) is 10.3 Å². The van der Waals surface area contributed by atoms with Crippen LogP contribution in [0.3, 0.4) is 0 Å². The SMILES string of the molecule is O=C(O)[C@H]1CS[C@H](c2ccc(Sc3cccc4cccnc34)o2)N1. The standard InChI is InChI=1S/C17H14N2O3S2/c20-17(21)11-9-23-16(19-11)12-6-7-14(22-12)24-13-5-1-3-10-4-2-8-18-15(10)13/h1-8,11,16,19H,9H2,(H,20,21)/t11-,16-/m1/s1. The van der Waals surface area contributed by atoms with E-state index in [1.807, 2.05) is 42.5 Å². The van der Waals surface area contributed by atoms with Crippen LogP contribution in [0.15, 0.2) is 63.1 Å². The predicted molar refractivity (Wildman–Crippen MR) is 94.3 cm³/mol. The minimum atomic E-state index is -0.826. The van der Waals surface area contributed by atoms with Crippen LogP contribution in [-0.2, 0) is 4.79 Å². The van der Waals surface area contributed by atoms with Crippen LogP contribution in [0.2, 0.25) is 0 Å². The van der Waals surface area contributed by atoms with Gasteiger partial charge in [-0.15, -0.1) is 11.8 Å². The fourth-order valence-corrected chi connectivity index (χ4v) is 4.66. The van der Waals surface area contributed by atoms with Gasteiger partial charge in [0.05, 0.1) is 5.52 Å². The highest BCUT2D eigenvalue weighted by Gasteiger charge is 2.32. The maximum Gasteiger partial charge on any atom is 0.321 e. The summed E-state index contributed by atoms with van der Waals surface area (Å²) in [6.45, 7) is 0. The van der Waals surface area contributed by atoms with Gasteiger partial charge in [-0.2, -0.15) is 0 Å². The van der Waals surface area contributed by atoms with E-state index in [0.717, 1.165) is 26.7 Å². The molecule has 5 nitrogen and oxygen atoms in total. The molecule has 0 saturated carbocycles. The quantitative estimate of drug-likeness (QED) is 0.735. The molecule has 0 amide bonds. The molecule has 0 aliphatic carbocycles. The predicted octanol–water partition coefficient (Wildman–Crippen LogP) is 3.77. The van der Waals surface area contributed by atoms with E-state index in [-0.39, 0.29) is 5.37 Å². The number of furan rings is 1. The van der Waals surface area contributed by atoms with Crippen molar-refractivity contribution in [3.63, 3.8) is 0 Å². The van der Waals surface area contributed by atoms with Crippen molar-refractivity contribution in [3.8, 4) is 0 Å². The van der Waals surface area contributed by atoms with Gasteiger partial charge in [0.1, 0.15) is 17.2 Å². The third-order valence-electron chi connectivity index (χ3n) is 3.75. The Labute approximate surface area is 146 Å². The molecule has 24 heavy (non-hydrogen) atoms. The highest BCUT2D eigenvalue weighted by molar-refractivity contribution is 8.00. The second kappa shape index (κ2) is 6.51. The first-order valence-corrected chi connectivity index (χ1v) is 9.29. The Balaban J connectivity index is 1.54. The van der Waals surface area contributed by atoms with E-state index in [1.165, 1.54) is 11.8 Å². The maximum atomic E-state index is 11.0. The summed E-state index contributed by atoms with van der Waals surface area (Å²) in [5.74, 6) is 0.462. The monoisotopic (exact) mass is 358 g/mol. The number of hydrogen-bond donors (Lipinski definition) is 2. The van der Waals surface area contributed by atoms with Crippen molar-refractivity contribution < 1.29 is 14.3 Å². The first-order chi connectivity index (χ1) is 11.7. The van der Waals surface area contributed by atoms with Gasteiger partial charge in [0, 0.05) is 22.2 Å². The molecule has 122 valence electrons. The first-order valence-electron chi connectivity index (χ1n) is 7.42. The molecule has 0 bridgehead atoms. The number of nitrogens with zero attached hydrogens (tertiary/aromatic N) is 1. The van der Waals surface area contributed by atoms with Gasteiger partial charge in [0.25, 0.3) is 0 Å². The van der Waals surface area contributed by atoms with Crippen molar-refractivity contribution in [1.82, 2.24) is 10.3 Å².